The first-order valence-corrected chi connectivity index (χ1v) is 16.1. The molecule has 3 nitrogen and oxygen atoms in total. The van der Waals surface area contributed by atoms with E-state index in [2.05, 4.69) is 133 Å². The van der Waals surface area contributed by atoms with Crippen LogP contribution in [0.5, 0.6) is 0 Å². The van der Waals surface area contributed by atoms with Crippen molar-refractivity contribution in [3.05, 3.63) is 88.7 Å². The lowest BCUT2D eigenvalue weighted by Gasteiger charge is -2.23. The van der Waals surface area contributed by atoms with Gasteiger partial charge in [-0.2, -0.15) is 0 Å². The average molecular weight is 567 g/mol. The number of hydrogen-bond acceptors (Lipinski definition) is 1. The maximum atomic E-state index is 5.09. The highest BCUT2D eigenvalue weighted by Gasteiger charge is 2.27. The number of pyridine rings is 1. The number of aryl methyl sites for hydroxylation is 2. The van der Waals surface area contributed by atoms with Gasteiger partial charge in [0.15, 0.2) is 5.52 Å². The fourth-order valence-corrected chi connectivity index (χ4v) is 7.56. The third-order valence-electron chi connectivity index (χ3n) is 9.77. The highest BCUT2D eigenvalue weighted by Crippen LogP contribution is 2.45. The van der Waals surface area contributed by atoms with Gasteiger partial charge < -0.3 is 4.40 Å². The van der Waals surface area contributed by atoms with Crippen LogP contribution in [0, 0.1) is 6.92 Å². The monoisotopic (exact) mass is 566 g/mol. The molecule has 0 bridgehead atoms. The molecule has 0 saturated heterocycles. The van der Waals surface area contributed by atoms with Crippen LogP contribution >= 0.6 is 0 Å². The Hall–Kier alpha value is -3.98. The third-order valence-corrected chi connectivity index (χ3v) is 9.77. The van der Waals surface area contributed by atoms with E-state index in [4.69, 9.17) is 4.98 Å². The van der Waals surface area contributed by atoms with Crippen molar-refractivity contribution >= 4 is 49.1 Å². The Morgan fingerprint density at radius 1 is 0.674 bits per heavy atom. The third kappa shape index (κ3) is 3.93. The van der Waals surface area contributed by atoms with Crippen molar-refractivity contribution in [2.75, 3.05) is 0 Å². The molecule has 0 radical (unpaired) electrons. The Kier molecular flexibility index (Phi) is 6.32. The molecule has 0 fully saturated rings. The van der Waals surface area contributed by atoms with Gasteiger partial charge in [-0.15, -0.1) is 0 Å². The molecule has 43 heavy (non-hydrogen) atoms. The van der Waals surface area contributed by atoms with Crippen molar-refractivity contribution in [1.82, 2.24) is 9.38 Å². The van der Waals surface area contributed by atoms with E-state index in [1.165, 1.54) is 82.6 Å². The number of rotatable bonds is 5. The lowest BCUT2D eigenvalue weighted by Crippen LogP contribution is -2.30. The van der Waals surface area contributed by atoms with Crippen LogP contribution < -0.4 is 4.57 Å². The summed E-state index contributed by atoms with van der Waals surface area (Å²) in [6, 6.07) is 21.3. The molecule has 7 rings (SSSR count). The van der Waals surface area contributed by atoms with Crippen LogP contribution in [0.4, 0.5) is 0 Å². The molecular formula is C40H44N3+. The molecule has 3 heteroatoms. The van der Waals surface area contributed by atoms with Crippen molar-refractivity contribution in [2.45, 2.75) is 86.0 Å². The van der Waals surface area contributed by atoms with Crippen LogP contribution in [0.25, 0.3) is 60.3 Å². The quantitative estimate of drug-likeness (QED) is 0.115. The Labute approximate surface area is 255 Å². The summed E-state index contributed by atoms with van der Waals surface area (Å²) in [5.41, 5.74) is 15.8. The summed E-state index contributed by atoms with van der Waals surface area (Å²) in [5.74, 6) is 1.74. The number of benzene rings is 4. The van der Waals surface area contributed by atoms with Crippen LogP contribution in [0.2, 0.25) is 0 Å². The van der Waals surface area contributed by atoms with E-state index >= 15 is 0 Å². The maximum absolute atomic E-state index is 5.09. The zero-order valence-corrected chi connectivity index (χ0v) is 27.4. The molecular weight excluding hydrogens is 522 g/mol. The van der Waals surface area contributed by atoms with E-state index in [1.807, 2.05) is 6.33 Å². The van der Waals surface area contributed by atoms with E-state index in [0.29, 0.717) is 23.7 Å². The van der Waals surface area contributed by atoms with Gasteiger partial charge in [0.1, 0.15) is 5.52 Å². The number of aromatic nitrogens is 3. The van der Waals surface area contributed by atoms with Crippen molar-refractivity contribution in [1.29, 1.82) is 0 Å². The first kappa shape index (κ1) is 27.8. The molecule has 3 heterocycles. The Morgan fingerprint density at radius 3 is 1.98 bits per heavy atom. The zero-order valence-electron chi connectivity index (χ0n) is 27.4. The Morgan fingerprint density at radius 2 is 1.35 bits per heavy atom. The topological polar surface area (TPSA) is 21.2 Å². The second-order valence-corrected chi connectivity index (χ2v) is 14.0. The van der Waals surface area contributed by atoms with Gasteiger partial charge in [0.25, 0.3) is 6.33 Å². The highest BCUT2D eigenvalue weighted by atomic mass is 15.0. The number of fused-ring (bicyclic) bond motifs is 5. The molecule has 218 valence electrons. The molecule has 0 N–H and O–H groups in total. The summed E-state index contributed by atoms with van der Waals surface area (Å²) in [5, 5.41) is 5.28. The molecule has 0 aliphatic carbocycles. The lowest BCUT2D eigenvalue weighted by molar-refractivity contribution is -0.646. The minimum Gasteiger partial charge on any atom is -0.307 e. The van der Waals surface area contributed by atoms with E-state index < -0.39 is 0 Å². The van der Waals surface area contributed by atoms with E-state index in [9.17, 15) is 0 Å². The predicted octanol–water partition coefficient (Wildman–Crippen LogP) is 10.7. The van der Waals surface area contributed by atoms with Gasteiger partial charge in [-0.05, 0) is 92.7 Å². The summed E-state index contributed by atoms with van der Waals surface area (Å²) in [6.07, 6.45) is 2.01. The van der Waals surface area contributed by atoms with Gasteiger partial charge >= 0.3 is 0 Å². The fourth-order valence-electron chi connectivity index (χ4n) is 7.56. The number of nitrogens with zero attached hydrogens (tertiary/aromatic N) is 3. The normalized spacial score (nSPS) is 12.8. The van der Waals surface area contributed by atoms with E-state index in [-0.39, 0.29) is 0 Å². The van der Waals surface area contributed by atoms with Crippen molar-refractivity contribution in [3.63, 3.8) is 0 Å². The van der Waals surface area contributed by atoms with E-state index in [0.717, 1.165) is 5.52 Å². The highest BCUT2D eigenvalue weighted by molar-refractivity contribution is 6.26. The average Bonchev–Trinajstić information content (AvgIpc) is 3.31. The zero-order chi connectivity index (χ0) is 30.5. The van der Waals surface area contributed by atoms with Crippen molar-refractivity contribution in [2.24, 2.45) is 7.05 Å². The summed E-state index contributed by atoms with van der Waals surface area (Å²) in [7, 11) is 2.15. The second kappa shape index (κ2) is 9.77. The minimum atomic E-state index is 0.409. The second-order valence-electron chi connectivity index (χ2n) is 14.0. The predicted molar refractivity (Wildman–Crippen MR) is 184 cm³/mol. The first-order chi connectivity index (χ1) is 20.5. The summed E-state index contributed by atoms with van der Waals surface area (Å²) in [6.45, 7) is 20.8. The molecule has 4 aromatic carbocycles. The first-order valence-electron chi connectivity index (χ1n) is 16.1. The smallest absolute Gasteiger partial charge is 0.287 e. The molecule has 0 saturated carbocycles. The minimum absolute atomic E-state index is 0.409. The van der Waals surface area contributed by atoms with Crippen LogP contribution in [0.15, 0.2) is 60.9 Å². The molecule has 0 aliphatic heterocycles. The van der Waals surface area contributed by atoms with Crippen LogP contribution in [0.3, 0.4) is 0 Å². The van der Waals surface area contributed by atoms with Crippen LogP contribution in [0.1, 0.15) is 107 Å². The number of hydrogen-bond donors (Lipinski definition) is 0. The summed E-state index contributed by atoms with van der Waals surface area (Å²) in [4.78, 5) is 5.09. The fraction of sp³-hybridized carbons (Fsp3) is 0.350. The molecule has 0 atom stereocenters. The van der Waals surface area contributed by atoms with Gasteiger partial charge in [-0.25, -0.2) is 4.57 Å². The standard InChI is InChI=1S/C40H44N3/c1-21(2)26-16-30(23(5)6)36(31(17-26)24(7)8)27-18-32-38-34(19-27)43-33-13-11-12-28(22(3)4)37(33)29-15-14-25(9)35(39(29)43)40(38)42(10)20-41-32/h11-24H,1-10H3/q+1. The largest absolute Gasteiger partial charge is 0.307 e. The molecule has 7 aromatic rings. The molecule has 0 aliphatic rings. The van der Waals surface area contributed by atoms with Crippen molar-refractivity contribution < 1.29 is 4.57 Å². The van der Waals surface area contributed by atoms with Crippen molar-refractivity contribution in [3.8, 4) is 11.1 Å². The van der Waals surface area contributed by atoms with Gasteiger partial charge in [0, 0.05) is 16.2 Å². The Balaban J connectivity index is 1.75. The van der Waals surface area contributed by atoms with E-state index in [1.54, 1.807) is 0 Å². The van der Waals surface area contributed by atoms with Gasteiger partial charge in [0.2, 0.25) is 0 Å². The van der Waals surface area contributed by atoms with Crippen LogP contribution in [-0.2, 0) is 7.05 Å². The summed E-state index contributed by atoms with van der Waals surface area (Å²) < 4.78 is 4.79. The lowest BCUT2D eigenvalue weighted by atomic mass is 9.81. The maximum Gasteiger partial charge on any atom is 0.287 e. The SMILES string of the molecule is Cc1ccc2c3c(C(C)C)cccc3n3c4cc(-c5c(C(C)C)cc(C(C)C)cc5C(C)C)cc5nc[n+](C)c(c1c23)c54. The molecule has 0 amide bonds. The summed E-state index contributed by atoms with van der Waals surface area (Å²) >= 11 is 0. The Bertz CT molecular complexity index is 2180. The van der Waals surface area contributed by atoms with Gasteiger partial charge in [0.05, 0.1) is 29.0 Å². The van der Waals surface area contributed by atoms with Crippen LogP contribution in [-0.4, -0.2) is 9.38 Å². The van der Waals surface area contributed by atoms with Gasteiger partial charge in [-0.1, -0.05) is 91.8 Å². The molecule has 3 aromatic heterocycles. The molecule has 0 unspecified atom stereocenters. The molecule has 0 spiro atoms. The van der Waals surface area contributed by atoms with Gasteiger partial charge in [-0.3, -0.25) is 0 Å².